The van der Waals surface area contributed by atoms with Gasteiger partial charge in [0.2, 0.25) is 0 Å². The van der Waals surface area contributed by atoms with Crippen molar-refractivity contribution >= 4 is 11.8 Å². The SMILES string of the molecule is C#Cc1cn(C2S[C@H](CO)[C@@H](O)[C@@H]2O)c(=O)[nH]c1=O. The molecule has 0 bridgehead atoms. The van der Waals surface area contributed by atoms with Crippen LogP contribution >= 0.6 is 11.8 Å². The Balaban J connectivity index is 2.46. The molecule has 1 fully saturated rings. The first-order valence-electron chi connectivity index (χ1n) is 5.44. The van der Waals surface area contributed by atoms with Gasteiger partial charge in [-0.1, -0.05) is 5.92 Å². The van der Waals surface area contributed by atoms with Gasteiger partial charge in [0.25, 0.3) is 5.56 Å². The largest absolute Gasteiger partial charge is 0.395 e. The van der Waals surface area contributed by atoms with Crippen molar-refractivity contribution in [2.45, 2.75) is 22.8 Å². The Morgan fingerprint density at radius 3 is 2.63 bits per heavy atom. The van der Waals surface area contributed by atoms with E-state index in [0.717, 1.165) is 22.5 Å². The zero-order chi connectivity index (χ0) is 14.2. The van der Waals surface area contributed by atoms with Crippen molar-refractivity contribution in [2.24, 2.45) is 0 Å². The van der Waals surface area contributed by atoms with E-state index in [4.69, 9.17) is 11.5 Å². The first-order chi connectivity index (χ1) is 8.99. The Hall–Kier alpha value is -1.53. The van der Waals surface area contributed by atoms with Crippen LogP contribution in [0.15, 0.2) is 15.8 Å². The molecular weight excluding hydrogens is 272 g/mol. The average molecular weight is 284 g/mol. The van der Waals surface area contributed by atoms with Gasteiger partial charge in [0.05, 0.1) is 18.0 Å². The van der Waals surface area contributed by atoms with Crippen LogP contribution < -0.4 is 11.2 Å². The van der Waals surface area contributed by atoms with Gasteiger partial charge in [-0.3, -0.25) is 14.3 Å². The third-order valence-corrected chi connectivity index (χ3v) is 4.48. The summed E-state index contributed by atoms with van der Waals surface area (Å²) in [5.74, 6) is 2.13. The highest BCUT2D eigenvalue weighted by molar-refractivity contribution is 8.00. The molecule has 0 saturated carbocycles. The number of aromatic amines is 1. The number of aliphatic hydroxyl groups excluding tert-OH is 3. The zero-order valence-electron chi connectivity index (χ0n) is 9.68. The quantitative estimate of drug-likeness (QED) is 0.460. The predicted octanol–water partition coefficient (Wildman–Crippen LogP) is -2.15. The fraction of sp³-hybridized carbons (Fsp3) is 0.455. The van der Waals surface area contributed by atoms with Gasteiger partial charge in [0.1, 0.15) is 17.0 Å². The molecule has 2 rings (SSSR count). The van der Waals surface area contributed by atoms with Crippen LogP contribution in [-0.2, 0) is 0 Å². The Labute approximate surface area is 111 Å². The van der Waals surface area contributed by atoms with E-state index in [1.54, 1.807) is 0 Å². The molecule has 0 amide bonds. The summed E-state index contributed by atoms with van der Waals surface area (Å²) in [6.07, 6.45) is 3.90. The number of aliphatic hydroxyl groups is 3. The zero-order valence-corrected chi connectivity index (χ0v) is 10.5. The Bertz CT molecular complexity index is 631. The van der Waals surface area contributed by atoms with Gasteiger partial charge >= 0.3 is 5.69 Å². The van der Waals surface area contributed by atoms with E-state index in [2.05, 4.69) is 5.92 Å². The molecule has 8 heteroatoms. The Kier molecular flexibility index (Phi) is 3.82. The summed E-state index contributed by atoms with van der Waals surface area (Å²) >= 11 is 1.04. The Morgan fingerprint density at radius 2 is 2.11 bits per heavy atom. The van der Waals surface area contributed by atoms with Crippen LogP contribution in [0.25, 0.3) is 0 Å². The van der Waals surface area contributed by atoms with Gasteiger partial charge in [0.15, 0.2) is 0 Å². The number of hydrogen-bond donors (Lipinski definition) is 4. The van der Waals surface area contributed by atoms with E-state index in [1.165, 1.54) is 0 Å². The van der Waals surface area contributed by atoms with Gasteiger partial charge in [0, 0.05) is 6.20 Å². The van der Waals surface area contributed by atoms with Crippen molar-refractivity contribution in [2.75, 3.05) is 6.61 Å². The predicted molar refractivity (Wildman–Crippen MR) is 68.8 cm³/mol. The second kappa shape index (κ2) is 5.22. The minimum absolute atomic E-state index is 0.0469. The van der Waals surface area contributed by atoms with Gasteiger partial charge in [-0.15, -0.1) is 18.2 Å². The van der Waals surface area contributed by atoms with Crippen molar-refractivity contribution in [3.8, 4) is 12.3 Å². The summed E-state index contributed by atoms with van der Waals surface area (Å²) in [5.41, 5.74) is -1.46. The van der Waals surface area contributed by atoms with Gasteiger partial charge in [-0.05, 0) is 0 Å². The highest BCUT2D eigenvalue weighted by Crippen LogP contribution is 2.40. The van der Waals surface area contributed by atoms with Crippen LogP contribution in [0.4, 0.5) is 0 Å². The third-order valence-electron chi connectivity index (χ3n) is 2.91. The van der Waals surface area contributed by atoms with Crippen LogP contribution in [0.3, 0.4) is 0 Å². The van der Waals surface area contributed by atoms with Gasteiger partial charge < -0.3 is 15.3 Å². The number of hydrogen-bond acceptors (Lipinski definition) is 6. The molecule has 0 aromatic carbocycles. The lowest BCUT2D eigenvalue weighted by Gasteiger charge is -2.17. The molecule has 0 radical (unpaired) electrons. The molecule has 0 aliphatic carbocycles. The minimum atomic E-state index is -1.24. The van der Waals surface area contributed by atoms with E-state index in [1.807, 2.05) is 4.98 Å². The second-order valence-corrected chi connectivity index (χ2v) is 5.44. The van der Waals surface area contributed by atoms with E-state index >= 15 is 0 Å². The van der Waals surface area contributed by atoms with E-state index < -0.39 is 34.1 Å². The number of rotatable bonds is 2. The van der Waals surface area contributed by atoms with Crippen LogP contribution in [0.1, 0.15) is 10.9 Å². The summed E-state index contributed by atoms with van der Waals surface area (Å²) in [6, 6.07) is 0. The molecule has 1 aliphatic heterocycles. The van der Waals surface area contributed by atoms with Crippen molar-refractivity contribution < 1.29 is 15.3 Å². The number of nitrogens with one attached hydrogen (secondary N) is 1. The highest BCUT2D eigenvalue weighted by Gasteiger charge is 2.43. The molecule has 4 atom stereocenters. The standard InChI is InChI=1S/C11H12N2O5S/c1-2-5-3-13(11(18)12-9(5)17)10-8(16)7(15)6(4-14)19-10/h1,3,6-8,10,14-16H,4H2,(H,12,17,18)/t6-,7-,8+,10?/m1/s1. The molecular formula is C11H12N2O5S. The van der Waals surface area contributed by atoms with Crippen LogP contribution in [0.2, 0.25) is 0 Å². The molecule has 102 valence electrons. The number of H-pyrrole nitrogens is 1. The van der Waals surface area contributed by atoms with E-state index in [0.29, 0.717) is 0 Å². The molecule has 1 aliphatic rings. The number of thioether (sulfide) groups is 1. The first kappa shape index (κ1) is 13.9. The summed E-state index contributed by atoms with van der Waals surface area (Å²) in [5, 5.41) is 27.2. The van der Waals surface area contributed by atoms with Crippen LogP contribution in [0.5, 0.6) is 0 Å². The summed E-state index contributed by atoms with van der Waals surface area (Å²) in [7, 11) is 0. The lowest BCUT2D eigenvalue weighted by molar-refractivity contribution is 0.0101. The van der Waals surface area contributed by atoms with Crippen molar-refractivity contribution in [3.63, 3.8) is 0 Å². The van der Waals surface area contributed by atoms with Crippen molar-refractivity contribution in [3.05, 3.63) is 32.6 Å². The molecule has 1 saturated heterocycles. The number of nitrogens with zero attached hydrogens (tertiary/aromatic N) is 1. The molecule has 19 heavy (non-hydrogen) atoms. The molecule has 0 spiro atoms. The average Bonchev–Trinajstić information content (AvgIpc) is 2.67. The van der Waals surface area contributed by atoms with Crippen LogP contribution in [-0.4, -0.2) is 48.9 Å². The lowest BCUT2D eigenvalue weighted by Crippen LogP contribution is -2.38. The van der Waals surface area contributed by atoms with Gasteiger partial charge in [-0.2, -0.15) is 0 Å². The maximum absolute atomic E-state index is 11.7. The van der Waals surface area contributed by atoms with E-state index in [9.17, 15) is 19.8 Å². The van der Waals surface area contributed by atoms with Crippen molar-refractivity contribution in [1.29, 1.82) is 0 Å². The topological polar surface area (TPSA) is 116 Å². The smallest absolute Gasteiger partial charge is 0.329 e. The maximum atomic E-state index is 11.7. The summed E-state index contributed by atoms with van der Waals surface area (Å²) < 4.78 is 1.06. The van der Waals surface area contributed by atoms with Crippen molar-refractivity contribution in [1.82, 2.24) is 9.55 Å². The monoisotopic (exact) mass is 284 g/mol. The third kappa shape index (κ3) is 2.33. The highest BCUT2D eigenvalue weighted by atomic mass is 32.2. The normalized spacial score (nSPS) is 30.2. The fourth-order valence-electron chi connectivity index (χ4n) is 1.89. The van der Waals surface area contributed by atoms with E-state index in [-0.39, 0.29) is 12.2 Å². The van der Waals surface area contributed by atoms with Crippen LogP contribution in [0, 0.1) is 12.3 Å². The molecule has 4 N–H and O–H groups in total. The summed E-state index contributed by atoms with van der Waals surface area (Å²) in [6.45, 7) is -0.334. The molecule has 1 unspecified atom stereocenters. The lowest BCUT2D eigenvalue weighted by atomic mass is 10.1. The summed E-state index contributed by atoms with van der Waals surface area (Å²) in [4.78, 5) is 25.1. The first-order valence-corrected chi connectivity index (χ1v) is 6.38. The molecule has 1 aromatic heterocycles. The number of aromatic nitrogens is 2. The Morgan fingerprint density at radius 1 is 1.42 bits per heavy atom. The minimum Gasteiger partial charge on any atom is -0.395 e. The number of terminal acetylenes is 1. The maximum Gasteiger partial charge on any atom is 0.329 e. The molecule has 1 aromatic rings. The molecule has 7 nitrogen and oxygen atoms in total. The fourth-order valence-corrected chi connectivity index (χ4v) is 3.26. The molecule has 2 heterocycles. The second-order valence-electron chi connectivity index (χ2n) is 4.08. The van der Waals surface area contributed by atoms with Gasteiger partial charge in [-0.25, -0.2) is 4.79 Å².